The molecule has 2 N–H and O–H groups in total. The molecule has 0 amide bonds. The zero-order valence-corrected chi connectivity index (χ0v) is 4.17. The van der Waals surface area contributed by atoms with Gasteiger partial charge in [0.2, 0.25) is 0 Å². The maximum atomic E-state index is 4.77. The Morgan fingerprint density at radius 3 is 2.60 bits per heavy atom. The van der Waals surface area contributed by atoms with Crippen LogP contribution < -0.4 is 5.73 Å². The SMILES string of the molecule is N/C=N/P=S. The van der Waals surface area contributed by atoms with Crippen molar-refractivity contribution in [2.75, 3.05) is 0 Å². The Morgan fingerprint density at radius 2 is 2.60 bits per heavy atom. The van der Waals surface area contributed by atoms with E-state index in [0.717, 1.165) is 0 Å². The summed E-state index contributed by atoms with van der Waals surface area (Å²) in [5.74, 6) is 0. The molecule has 0 rings (SSSR count). The Bertz CT molecular complexity index is 51.6. The van der Waals surface area contributed by atoms with E-state index >= 15 is 0 Å². The second-order valence-corrected chi connectivity index (χ2v) is 1.23. The van der Waals surface area contributed by atoms with Gasteiger partial charge in [0.05, 0.1) is 6.34 Å². The predicted molar refractivity (Wildman–Crippen MR) is 27.0 cm³/mol. The first-order valence-electron chi connectivity index (χ1n) is 0.974. The summed E-state index contributed by atoms with van der Waals surface area (Å²) in [4.78, 5) is 0. The number of nitrogens with zero attached hydrogens (tertiary/aromatic N) is 1. The van der Waals surface area contributed by atoms with E-state index in [4.69, 9.17) is 5.73 Å². The van der Waals surface area contributed by atoms with E-state index in [-0.39, 0.29) is 0 Å². The molecule has 28 valence electrons. The smallest absolute Gasteiger partial charge is 0.117 e. The van der Waals surface area contributed by atoms with Gasteiger partial charge < -0.3 is 5.73 Å². The van der Waals surface area contributed by atoms with Gasteiger partial charge in [0.15, 0.2) is 0 Å². The maximum Gasteiger partial charge on any atom is 0.117 e. The third kappa shape index (κ3) is 3.99. The molecule has 0 heterocycles. The van der Waals surface area contributed by atoms with Crippen molar-refractivity contribution in [2.45, 2.75) is 0 Å². The van der Waals surface area contributed by atoms with Crippen LogP contribution in [-0.2, 0) is 11.8 Å². The summed E-state index contributed by atoms with van der Waals surface area (Å²) in [6, 6.07) is 0. The fourth-order valence-electron chi connectivity index (χ4n) is 0.0272. The predicted octanol–water partition coefficient (Wildman–Crippen LogP) is 0.297. The molecular formula is CH3N2PS. The molecule has 0 aliphatic rings. The first-order chi connectivity index (χ1) is 2.41. The van der Waals surface area contributed by atoms with Gasteiger partial charge in [-0.1, -0.05) is 0 Å². The van der Waals surface area contributed by atoms with Crippen molar-refractivity contribution in [1.82, 2.24) is 0 Å². The van der Waals surface area contributed by atoms with Crippen molar-refractivity contribution in [3.8, 4) is 0 Å². The number of rotatable bonds is 1. The first kappa shape index (κ1) is 4.99. The van der Waals surface area contributed by atoms with E-state index < -0.39 is 0 Å². The minimum Gasteiger partial charge on any atom is -0.389 e. The van der Waals surface area contributed by atoms with Crippen LogP contribution in [0.15, 0.2) is 4.76 Å². The van der Waals surface area contributed by atoms with Crippen LogP contribution in [0.1, 0.15) is 0 Å². The maximum absolute atomic E-state index is 4.77. The first-order valence-corrected chi connectivity index (χ1v) is 2.83. The highest BCUT2D eigenvalue weighted by atomic mass is 32.4. The molecule has 0 aromatic heterocycles. The largest absolute Gasteiger partial charge is 0.389 e. The summed E-state index contributed by atoms with van der Waals surface area (Å²) in [7, 11) is 0.557. The van der Waals surface area contributed by atoms with Crippen LogP contribution in [0.5, 0.6) is 0 Å². The Morgan fingerprint density at radius 1 is 2.00 bits per heavy atom. The van der Waals surface area contributed by atoms with Crippen LogP contribution in [0.3, 0.4) is 0 Å². The highest BCUT2D eigenvalue weighted by Crippen LogP contribution is 1.85. The van der Waals surface area contributed by atoms with Crippen LogP contribution in [0.4, 0.5) is 0 Å². The number of hydrogen-bond donors (Lipinski definition) is 1. The van der Waals surface area contributed by atoms with Crippen LogP contribution in [-0.4, -0.2) is 6.34 Å². The van der Waals surface area contributed by atoms with Gasteiger partial charge in [0.25, 0.3) is 0 Å². The lowest BCUT2D eigenvalue weighted by Crippen LogP contribution is -1.83. The summed E-state index contributed by atoms with van der Waals surface area (Å²) in [6.07, 6.45) is 1.19. The van der Waals surface area contributed by atoms with Crippen molar-refractivity contribution in [2.24, 2.45) is 10.5 Å². The molecule has 0 aromatic rings. The lowest BCUT2D eigenvalue weighted by atomic mass is 11.4. The Labute approximate surface area is 37.0 Å². The van der Waals surface area contributed by atoms with E-state index in [0.29, 0.717) is 7.51 Å². The molecule has 0 aliphatic carbocycles. The van der Waals surface area contributed by atoms with Crippen molar-refractivity contribution >= 4 is 25.7 Å². The van der Waals surface area contributed by atoms with Gasteiger partial charge in [-0.25, -0.2) is 4.76 Å². The lowest BCUT2D eigenvalue weighted by Gasteiger charge is -1.56. The molecule has 0 unspecified atom stereocenters. The van der Waals surface area contributed by atoms with Gasteiger partial charge >= 0.3 is 0 Å². The van der Waals surface area contributed by atoms with Gasteiger partial charge in [0.1, 0.15) is 7.51 Å². The third-order valence-electron chi connectivity index (χ3n) is 0.114. The van der Waals surface area contributed by atoms with Crippen molar-refractivity contribution in [1.29, 1.82) is 0 Å². The fourth-order valence-corrected chi connectivity index (χ4v) is 0.245. The molecule has 0 aromatic carbocycles. The van der Waals surface area contributed by atoms with Crippen LogP contribution in [0.25, 0.3) is 0 Å². The molecule has 0 saturated carbocycles. The van der Waals surface area contributed by atoms with Crippen LogP contribution >= 0.6 is 7.51 Å². The Hall–Kier alpha value is -0.0100. The highest BCUT2D eigenvalue weighted by Gasteiger charge is 1.44. The molecule has 2 nitrogen and oxygen atoms in total. The van der Waals surface area contributed by atoms with Crippen LogP contribution in [0.2, 0.25) is 0 Å². The van der Waals surface area contributed by atoms with E-state index in [2.05, 4.69) is 16.6 Å². The normalized spacial score (nSPS) is 10.4. The lowest BCUT2D eigenvalue weighted by molar-refractivity contribution is 1.79. The van der Waals surface area contributed by atoms with Gasteiger partial charge in [0, 0.05) is 0 Å². The zero-order valence-electron chi connectivity index (χ0n) is 2.46. The molecule has 0 spiro atoms. The third-order valence-corrected chi connectivity index (χ3v) is 0.624. The summed E-state index contributed by atoms with van der Waals surface area (Å²) < 4.78 is 3.41. The molecule has 5 heavy (non-hydrogen) atoms. The number of nitrogens with two attached hydrogens (primary N) is 1. The summed E-state index contributed by atoms with van der Waals surface area (Å²) in [5.41, 5.74) is 4.77. The highest BCUT2D eigenvalue weighted by molar-refractivity contribution is 7.96. The van der Waals surface area contributed by atoms with E-state index in [1.54, 1.807) is 0 Å². The van der Waals surface area contributed by atoms with Gasteiger partial charge in [-0.3, -0.25) is 0 Å². The summed E-state index contributed by atoms with van der Waals surface area (Å²) >= 11 is 4.35. The minimum absolute atomic E-state index is 0.557. The average molecular weight is 106 g/mol. The monoisotopic (exact) mass is 106 g/mol. The molecule has 0 radical (unpaired) electrons. The second kappa shape index (κ2) is 3.99. The summed E-state index contributed by atoms with van der Waals surface area (Å²) in [6.45, 7) is 0. The van der Waals surface area contributed by atoms with Crippen molar-refractivity contribution in [3.63, 3.8) is 0 Å². The van der Waals surface area contributed by atoms with E-state index in [9.17, 15) is 0 Å². The van der Waals surface area contributed by atoms with E-state index in [1.807, 2.05) is 0 Å². The Balaban J connectivity index is 2.92. The van der Waals surface area contributed by atoms with Gasteiger partial charge in [-0.2, -0.15) is 0 Å². The quantitative estimate of drug-likeness (QED) is 0.296. The van der Waals surface area contributed by atoms with Crippen molar-refractivity contribution < 1.29 is 0 Å². The van der Waals surface area contributed by atoms with Crippen LogP contribution in [0, 0.1) is 0 Å². The molecule has 0 bridgehead atoms. The molecular weight excluding hydrogens is 103 g/mol. The van der Waals surface area contributed by atoms with Gasteiger partial charge in [-0.05, 0) is 11.8 Å². The number of hydrogen-bond acceptors (Lipinski definition) is 1. The standard InChI is InChI=1S/CH3N2PS/c2-1-3-4-5/h1H,(H2,2,3,5). The Kier molecular flexibility index (Phi) is 3.98. The summed E-state index contributed by atoms with van der Waals surface area (Å²) in [5, 5.41) is 0. The fraction of sp³-hybridized carbons (Fsp3) is 0. The zero-order chi connectivity index (χ0) is 4.12. The molecule has 0 fully saturated rings. The minimum atomic E-state index is 0.557. The molecule has 4 heteroatoms. The topological polar surface area (TPSA) is 38.4 Å². The van der Waals surface area contributed by atoms with Gasteiger partial charge in [-0.15, -0.1) is 0 Å². The molecule has 0 saturated heterocycles. The second-order valence-electron chi connectivity index (χ2n) is 0.346. The molecule has 0 atom stereocenters. The van der Waals surface area contributed by atoms with E-state index in [1.165, 1.54) is 6.34 Å². The molecule has 0 aliphatic heterocycles. The average Bonchev–Trinajstić information content (AvgIpc) is 1.41. The van der Waals surface area contributed by atoms with Crippen molar-refractivity contribution in [3.05, 3.63) is 0 Å².